The molecule has 128 valence electrons. The molecule has 0 saturated carbocycles. The molecule has 1 aliphatic rings. The lowest BCUT2D eigenvalue weighted by atomic mass is 9.80. The van der Waals surface area contributed by atoms with Crippen LogP contribution in [-0.4, -0.2) is 32.7 Å². The molecule has 0 N–H and O–H groups in total. The Labute approximate surface area is 145 Å². The quantitative estimate of drug-likeness (QED) is 0.812. The van der Waals surface area contributed by atoms with Crippen LogP contribution >= 0.6 is 0 Å². The van der Waals surface area contributed by atoms with Crippen LogP contribution in [0.25, 0.3) is 0 Å². The first-order valence-electron chi connectivity index (χ1n) is 8.69. The molecule has 0 spiro atoms. The van der Waals surface area contributed by atoms with E-state index in [0.29, 0.717) is 12.0 Å². The van der Waals surface area contributed by atoms with Crippen molar-refractivity contribution in [2.24, 2.45) is 0 Å². The predicted molar refractivity (Wildman–Crippen MR) is 98.1 cm³/mol. The molecular weight excluding hydrogens is 298 g/mol. The number of likely N-dealkylation sites (N-methyl/N-ethyl adjacent to an activating group) is 1. The summed E-state index contributed by atoms with van der Waals surface area (Å²) in [4.78, 5) is 2.48. The summed E-state index contributed by atoms with van der Waals surface area (Å²) < 4.78 is 11.1. The monoisotopic (exact) mass is 325 g/mol. The smallest absolute Gasteiger partial charge is 0.161 e. The second kappa shape index (κ2) is 7.27. The van der Waals surface area contributed by atoms with Gasteiger partial charge in [0.2, 0.25) is 0 Å². The third-order valence-electron chi connectivity index (χ3n) is 5.22. The fraction of sp³-hybridized carbons (Fsp3) is 0.429. The van der Waals surface area contributed by atoms with Crippen molar-refractivity contribution in [2.75, 3.05) is 27.8 Å². The number of methoxy groups -OCH3 is 2. The molecule has 2 aromatic carbocycles. The van der Waals surface area contributed by atoms with E-state index in [0.717, 1.165) is 30.9 Å². The highest BCUT2D eigenvalue weighted by molar-refractivity contribution is 5.50. The topological polar surface area (TPSA) is 21.7 Å². The van der Waals surface area contributed by atoms with Crippen molar-refractivity contribution in [2.45, 2.75) is 31.7 Å². The molecule has 2 atom stereocenters. The van der Waals surface area contributed by atoms with E-state index >= 15 is 0 Å². The molecule has 3 nitrogen and oxygen atoms in total. The van der Waals surface area contributed by atoms with Crippen LogP contribution in [-0.2, 0) is 6.42 Å². The second-order valence-corrected chi connectivity index (χ2v) is 6.51. The van der Waals surface area contributed by atoms with E-state index in [-0.39, 0.29) is 0 Å². The lowest BCUT2D eigenvalue weighted by Gasteiger charge is -2.40. The minimum absolute atomic E-state index is 0.362. The van der Waals surface area contributed by atoms with Crippen molar-refractivity contribution in [3.8, 4) is 11.5 Å². The summed E-state index contributed by atoms with van der Waals surface area (Å²) in [6.07, 6.45) is 2.15. The molecular formula is C21H27NO2. The molecule has 1 aliphatic heterocycles. The number of ether oxygens (including phenoxy) is 2. The van der Waals surface area contributed by atoms with Crippen LogP contribution < -0.4 is 9.47 Å². The highest BCUT2D eigenvalue weighted by atomic mass is 16.5. The maximum Gasteiger partial charge on any atom is 0.161 e. The normalized spacial score (nSPS) is 18.8. The molecule has 0 aliphatic carbocycles. The first kappa shape index (κ1) is 16.8. The maximum atomic E-state index is 5.56. The van der Waals surface area contributed by atoms with E-state index in [4.69, 9.17) is 9.47 Å². The number of nitrogens with zero attached hydrogens (tertiary/aromatic N) is 1. The SMILES string of the molecule is CCC(c1ccccc1)C1c2cc(OC)c(OC)cc2CCN1C. The van der Waals surface area contributed by atoms with E-state index in [9.17, 15) is 0 Å². The van der Waals surface area contributed by atoms with Gasteiger partial charge in [-0.15, -0.1) is 0 Å². The Bertz CT molecular complexity index is 684. The van der Waals surface area contributed by atoms with Gasteiger partial charge in [-0.25, -0.2) is 0 Å². The summed E-state index contributed by atoms with van der Waals surface area (Å²) in [7, 11) is 5.64. The Balaban J connectivity index is 2.09. The zero-order chi connectivity index (χ0) is 17.1. The van der Waals surface area contributed by atoms with Crippen LogP contribution in [0.2, 0.25) is 0 Å². The van der Waals surface area contributed by atoms with Gasteiger partial charge in [0, 0.05) is 18.5 Å². The maximum absolute atomic E-state index is 5.56. The van der Waals surface area contributed by atoms with E-state index in [1.165, 1.54) is 16.7 Å². The Morgan fingerprint density at radius 1 is 1.08 bits per heavy atom. The van der Waals surface area contributed by atoms with Crippen LogP contribution in [0.4, 0.5) is 0 Å². The van der Waals surface area contributed by atoms with Crippen LogP contribution in [0.15, 0.2) is 42.5 Å². The van der Waals surface area contributed by atoms with Crippen LogP contribution in [0, 0.1) is 0 Å². The summed E-state index contributed by atoms with van der Waals surface area (Å²) in [5, 5.41) is 0. The molecule has 3 heteroatoms. The van der Waals surface area contributed by atoms with Crippen LogP contribution in [0.5, 0.6) is 11.5 Å². The Hall–Kier alpha value is -2.00. The zero-order valence-corrected chi connectivity index (χ0v) is 15.1. The van der Waals surface area contributed by atoms with Crippen molar-refractivity contribution in [1.29, 1.82) is 0 Å². The van der Waals surface area contributed by atoms with Gasteiger partial charge in [-0.05, 0) is 48.7 Å². The van der Waals surface area contributed by atoms with Gasteiger partial charge in [0.05, 0.1) is 14.2 Å². The first-order valence-corrected chi connectivity index (χ1v) is 8.69. The summed E-state index contributed by atoms with van der Waals surface area (Å²) in [6, 6.07) is 15.6. The van der Waals surface area contributed by atoms with Gasteiger partial charge in [0.25, 0.3) is 0 Å². The van der Waals surface area contributed by atoms with Crippen molar-refractivity contribution in [1.82, 2.24) is 4.90 Å². The van der Waals surface area contributed by atoms with Crippen molar-refractivity contribution in [3.63, 3.8) is 0 Å². The molecule has 0 bridgehead atoms. The lowest BCUT2D eigenvalue weighted by Crippen LogP contribution is -2.35. The molecule has 2 aromatic rings. The van der Waals surface area contributed by atoms with E-state index in [1.54, 1.807) is 14.2 Å². The number of rotatable bonds is 5. The van der Waals surface area contributed by atoms with Gasteiger partial charge in [0.1, 0.15) is 0 Å². The van der Waals surface area contributed by atoms with Gasteiger partial charge < -0.3 is 9.47 Å². The average Bonchev–Trinajstić information content (AvgIpc) is 2.63. The van der Waals surface area contributed by atoms with Gasteiger partial charge in [-0.2, -0.15) is 0 Å². The number of hydrogen-bond donors (Lipinski definition) is 0. The van der Waals surface area contributed by atoms with Crippen molar-refractivity contribution >= 4 is 0 Å². The molecule has 1 heterocycles. The lowest BCUT2D eigenvalue weighted by molar-refractivity contribution is 0.194. The molecule has 3 rings (SSSR count). The molecule has 0 radical (unpaired) electrons. The summed E-state index contributed by atoms with van der Waals surface area (Å²) in [5.74, 6) is 2.11. The predicted octanol–water partition coefficient (Wildman–Crippen LogP) is 4.43. The fourth-order valence-electron chi connectivity index (χ4n) is 3.97. The summed E-state index contributed by atoms with van der Waals surface area (Å²) >= 11 is 0. The minimum atomic E-state index is 0.362. The third kappa shape index (κ3) is 3.01. The molecule has 24 heavy (non-hydrogen) atoms. The summed E-state index contributed by atoms with van der Waals surface area (Å²) in [5.41, 5.74) is 4.15. The Kier molecular flexibility index (Phi) is 5.10. The van der Waals surface area contributed by atoms with Crippen molar-refractivity contribution in [3.05, 3.63) is 59.2 Å². The third-order valence-corrected chi connectivity index (χ3v) is 5.22. The van der Waals surface area contributed by atoms with Gasteiger partial charge in [-0.1, -0.05) is 37.3 Å². The standard InChI is InChI=1S/C21H27NO2/c1-5-17(15-9-7-6-8-10-15)21-18-14-20(24-4)19(23-3)13-16(18)11-12-22(21)2/h6-10,13-14,17,21H,5,11-12H2,1-4H3. The highest BCUT2D eigenvalue weighted by Gasteiger charge is 2.32. The van der Waals surface area contributed by atoms with Gasteiger partial charge >= 0.3 is 0 Å². The second-order valence-electron chi connectivity index (χ2n) is 6.51. The zero-order valence-electron chi connectivity index (χ0n) is 15.1. The van der Waals surface area contributed by atoms with Crippen LogP contribution in [0.1, 0.15) is 42.0 Å². The number of benzene rings is 2. The van der Waals surface area contributed by atoms with E-state index in [1.807, 2.05) is 0 Å². The molecule has 0 saturated heterocycles. The molecule has 0 amide bonds. The van der Waals surface area contributed by atoms with E-state index in [2.05, 4.69) is 61.3 Å². The Morgan fingerprint density at radius 3 is 2.38 bits per heavy atom. The molecule has 0 aromatic heterocycles. The van der Waals surface area contributed by atoms with Gasteiger partial charge in [-0.3, -0.25) is 4.90 Å². The Morgan fingerprint density at radius 2 is 1.75 bits per heavy atom. The first-order chi connectivity index (χ1) is 11.7. The van der Waals surface area contributed by atoms with E-state index < -0.39 is 0 Å². The van der Waals surface area contributed by atoms with Crippen molar-refractivity contribution < 1.29 is 9.47 Å². The summed E-state index contributed by atoms with van der Waals surface area (Å²) in [6.45, 7) is 3.34. The molecule has 2 unspecified atom stereocenters. The number of fused-ring (bicyclic) bond motifs is 1. The highest BCUT2D eigenvalue weighted by Crippen LogP contribution is 2.44. The average molecular weight is 325 g/mol. The largest absolute Gasteiger partial charge is 0.493 e. The minimum Gasteiger partial charge on any atom is -0.493 e. The number of hydrogen-bond acceptors (Lipinski definition) is 3. The molecule has 0 fully saturated rings. The van der Waals surface area contributed by atoms with Gasteiger partial charge in [0.15, 0.2) is 11.5 Å². The fourth-order valence-corrected chi connectivity index (χ4v) is 3.97. The van der Waals surface area contributed by atoms with Crippen LogP contribution in [0.3, 0.4) is 0 Å².